The number of amides is 1. The highest BCUT2D eigenvalue weighted by atomic mass is 35.5. The zero-order valence-corrected chi connectivity index (χ0v) is 13.6. The molecule has 0 spiro atoms. The van der Waals surface area contributed by atoms with Gasteiger partial charge in [0.25, 0.3) is 0 Å². The Morgan fingerprint density at radius 3 is 2.41 bits per heavy atom. The second-order valence-corrected chi connectivity index (χ2v) is 6.38. The van der Waals surface area contributed by atoms with Crippen LogP contribution in [0.15, 0.2) is 0 Å². The third kappa shape index (κ3) is 5.95. The van der Waals surface area contributed by atoms with Crippen LogP contribution in [0.1, 0.15) is 51.4 Å². The van der Waals surface area contributed by atoms with Gasteiger partial charge in [-0.25, -0.2) is 0 Å². The van der Waals surface area contributed by atoms with E-state index in [2.05, 4.69) is 10.6 Å². The van der Waals surface area contributed by atoms with E-state index < -0.39 is 24.0 Å². The monoisotopic (exact) mass is 342 g/mol. The number of carbonyl (C=O) groups excluding carboxylic acids is 1. The van der Waals surface area contributed by atoms with Crippen LogP contribution < -0.4 is 10.6 Å². The first-order valence-corrected chi connectivity index (χ1v) is 8.03. The zero-order chi connectivity index (χ0) is 15.3. The topological polar surface area (TPSA) is 41.1 Å². The van der Waals surface area contributed by atoms with Crippen LogP contribution in [0, 0.1) is 11.8 Å². The molecular weight excluding hydrogens is 317 g/mol. The predicted molar refractivity (Wildman–Crippen MR) is 82.0 cm³/mol. The maximum atomic E-state index is 13.2. The van der Waals surface area contributed by atoms with Crippen molar-refractivity contribution in [3.63, 3.8) is 0 Å². The van der Waals surface area contributed by atoms with E-state index in [0.29, 0.717) is 25.2 Å². The summed E-state index contributed by atoms with van der Waals surface area (Å²) in [4.78, 5) is 11.9. The Labute approximate surface area is 136 Å². The minimum atomic E-state index is -4.34. The molecule has 0 radical (unpaired) electrons. The molecule has 2 aliphatic rings. The van der Waals surface area contributed by atoms with Crippen molar-refractivity contribution in [3.05, 3.63) is 0 Å². The van der Waals surface area contributed by atoms with Crippen LogP contribution in [-0.2, 0) is 4.79 Å². The molecule has 3 nitrogen and oxygen atoms in total. The standard InChI is InChI=1S/C15H25F3N2O.ClH/c16-15(17,18)14(12-4-2-1-3-5-12)20-13(21)7-6-11-8-9-19-10-11;/h11-12,14,19H,1-10H2,(H,20,21);1H. The minimum absolute atomic E-state index is 0. The number of nitrogens with one attached hydrogen (secondary N) is 2. The molecule has 1 aliphatic heterocycles. The van der Waals surface area contributed by atoms with Gasteiger partial charge in [0.05, 0.1) is 0 Å². The van der Waals surface area contributed by atoms with Gasteiger partial charge in [-0.3, -0.25) is 4.79 Å². The largest absolute Gasteiger partial charge is 0.408 e. The van der Waals surface area contributed by atoms with Gasteiger partial charge in [0.2, 0.25) is 5.91 Å². The van der Waals surface area contributed by atoms with Gasteiger partial charge >= 0.3 is 6.18 Å². The van der Waals surface area contributed by atoms with Crippen LogP contribution in [0.2, 0.25) is 0 Å². The average Bonchev–Trinajstić information content (AvgIpc) is 2.95. The summed E-state index contributed by atoms with van der Waals surface area (Å²) < 4.78 is 39.5. The molecular formula is C15H26ClF3N2O. The van der Waals surface area contributed by atoms with Crippen molar-refractivity contribution in [3.8, 4) is 0 Å². The molecule has 1 aliphatic carbocycles. The molecule has 2 N–H and O–H groups in total. The molecule has 0 aromatic rings. The molecule has 2 atom stereocenters. The highest BCUT2D eigenvalue weighted by Crippen LogP contribution is 2.34. The van der Waals surface area contributed by atoms with Gasteiger partial charge < -0.3 is 10.6 Å². The van der Waals surface area contributed by atoms with E-state index in [1.807, 2.05) is 0 Å². The molecule has 1 amide bonds. The molecule has 1 heterocycles. The van der Waals surface area contributed by atoms with Gasteiger partial charge in [0.15, 0.2) is 0 Å². The first-order valence-electron chi connectivity index (χ1n) is 8.03. The quantitative estimate of drug-likeness (QED) is 0.803. The summed E-state index contributed by atoms with van der Waals surface area (Å²) in [5.74, 6) is -0.472. The fourth-order valence-electron chi connectivity index (χ4n) is 3.48. The smallest absolute Gasteiger partial charge is 0.344 e. The highest BCUT2D eigenvalue weighted by Gasteiger charge is 2.45. The summed E-state index contributed by atoms with van der Waals surface area (Å²) >= 11 is 0. The van der Waals surface area contributed by atoms with Gasteiger partial charge in [-0.1, -0.05) is 19.3 Å². The lowest BCUT2D eigenvalue weighted by Gasteiger charge is -2.32. The number of hydrogen-bond acceptors (Lipinski definition) is 2. The maximum absolute atomic E-state index is 13.2. The molecule has 0 bridgehead atoms. The van der Waals surface area contributed by atoms with Crippen molar-refractivity contribution >= 4 is 18.3 Å². The first-order chi connectivity index (χ1) is 9.97. The summed E-state index contributed by atoms with van der Waals surface area (Å²) in [6, 6.07) is -1.66. The fourth-order valence-corrected chi connectivity index (χ4v) is 3.48. The second kappa shape index (κ2) is 8.96. The van der Waals surface area contributed by atoms with Crippen molar-refractivity contribution in [2.24, 2.45) is 11.8 Å². The SMILES string of the molecule is Cl.O=C(CCC1CCNC1)NC(C1CCCCC1)C(F)(F)F. The summed E-state index contributed by atoms with van der Waals surface area (Å²) in [5.41, 5.74) is 0. The van der Waals surface area contributed by atoms with E-state index >= 15 is 0 Å². The minimum Gasteiger partial charge on any atom is -0.344 e. The highest BCUT2D eigenvalue weighted by molar-refractivity contribution is 5.85. The molecule has 22 heavy (non-hydrogen) atoms. The van der Waals surface area contributed by atoms with Gasteiger partial charge in [-0.05, 0) is 50.6 Å². The van der Waals surface area contributed by atoms with Crippen LogP contribution in [0.25, 0.3) is 0 Å². The lowest BCUT2D eigenvalue weighted by Crippen LogP contribution is -2.50. The molecule has 130 valence electrons. The van der Waals surface area contributed by atoms with Crippen LogP contribution >= 0.6 is 12.4 Å². The molecule has 2 rings (SSSR count). The van der Waals surface area contributed by atoms with Crippen LogP contribution in [-0.4, -0.2) is 31.2 Å². The summed E-state index contributed by atoms with van der Waals surface area (Å²) in [5, 5.41) is 5.47. The molecule has 7 heteroatoms. The fraction of sp³-hybridized carbons (Fsp3) is 0.933. The Morgan fingerprint density at radius 2 is 1.86 bits per heavy atom. The number of hydrogen-bond donors (Lipinski definition) is 2. The third-order valence-corrected chi connectivity index (χ3v) is 4.73. The van der Waals surface area contributed by atoms with E-state index in [4.69, 9.17) is 0 Å². The third-order valence-electron chi connectivity index (χ3n) is 4.73. The first kappa shape index (κ1) is 19.6. The van der Waals surface area contributed by atoms with E-state index in [1.54, 1.807) is 0 Å². The van der Waals surface area contributed by atoms with E-state index in [-0.39, 0.29) is 18.8 Å². The lowest BCUT2D eigenvalue weighted by atomic mass is 9.83. The zero-order valence-electron chi connectivity index (χ0n) is 12.8. The average molecular weight is 343 g/mol. The number of halogens is 4. The molecule has 2 fully saturated rings. The van der Waals surface area contributed by atoms with Crippen LogP contribution in [0.4, 0.5) is 13.2 Å². The van der Waals surface area contributed by atoms with Crippen molar-refractivity contribution in [2.45, 2.75) is 63.6 Å². The Balaban J connectivity index is 0.00000242. The van der Waals surface area contributed by atoms with E-state index in [0.717, 1.165) is 38.8 Å². The van der Waals surface area contributed by atoms with Crippen molar-refractivity contribution in [1.29, 1.82) is 0 Å². The number of carbonyl (C=O) groups is 1. The Bertz CT molecular complexity index is 340. The normalized spacial score (nSPS) is 24.6. The molecule has 2 unspecified atom stereocenters. The van der Waals surface area contributed by atoms with Crippen molar-refractivity contribution in [2.75, 3.05) is 13.1 Å². The van der Waals surface area contributed by atoms with Gasteiger partial charge in [-0.15, -0.1) is 12.4 Å². The van der Waals surface area contributed by atoms with E-state index in [9.17, 15) is 18.0 Å². The summed E-state index contributed by atoms with van der Waals surface area (Å²) in [6.45, 7) is 1.82. The Morgan fingerprint density at radius 1 is 1.18 bits per heavy atom. The summed E-state index contributed by atoms with van der Waals surface area (Å²) in [7, 11) is 0. The van der Waals surface area contributed by atoms with Crippen molar-refractivity contribution < 1.29 is 18.0 Å². The van der Waals surface area contributed by atoms with Gasteiger partial charge in [0, 0.05) is 6.42 Å². The summed E-state index contributed by atoms with van der Waals surface area (Å²) in [6.07, 6.45) is 1.35. The molecule has 1 saturated heterocycles. The lowest BCUT2D eigenvalue weighted by molar-refractivity contribution is -0.174. The number of alkyl halides is 3. The second-order valence-electron chi connectivity index (χ2n) is 6.38. The van der Waals surface area contributed by atoms with Crippen LogP contribution in [0.5, 0.6) is 0 Å². The maximum Gasteiger partial charge on any atom is 0.408 e. The Hall–Kier alpha value is -0.490. The van der Waals surface area contributed by atoms with Gasteiger partial charge in [0.1, 0.15) is 6.04 Å². The molecule has 0 aromatic carbocycles. The molecule has 1 saturated carbocycles. The Kier molecular flexibility index (Phi) is 7.97. The van der Waals surface area contributed by atoms with Crippen molar-refractivity contribution in [1.82, 2.24) is 10.6 Å². The van der Waals surface area contributed by atoms with E-state index in [1.165, 1.54) is 0 Å². The molecule has 0 aromatic heterocycles. The number of rotatable bonds is 5. The predicted octanol–water partition coefficient (Wildman–Crippen LogP) is 3.43. The van der Waals surface area contributed by atoms with Gasteiger partial charge in [-0.2, -0.15) is 13.2 Å². The van der Waals surface area contributed by atoms with Crippen LogP contribution in [0.3, 0.4) is 0 Å².